The lowest BCUT2D eigenvalue weighted by atomic mass is 9.44. The number of thiazole rings is 1. The van der Waals surface area contributed by atoms with Crippen molar-refractivity contribution in [3.8, 4) is 0 Å². The summed E-state index contributed by atoms with van der Waals surface area (Å²) in [6.45, 7) is 1.70. The van der Waals surface area contributed by atoms with E-state index in [1.165, 1.54) is 23.3 Å². The zero-order valence-electron chi connectivity index (χ0n) is 19.9. The predicted molar refractivity (Wildman–Crippen MR) is 124 cm³/mol. The van der Waals surface area contributed by atoms with Gasteiger partial charge in [-0.2, -0.15) is 0 Å². The second-order valence-electron chi connectivity index (χ2n) is 10.5. The Morgan fingerprint density at radius 3 is 2.35 bits per heavy atom. The van der Waals surface area contributed by atoms with Crippen molar-refractivity contribution in [1.82, 2.24) is 15.2 Å². The lowest BCUT2D eigenvalue weighted by Crippen LogP contribution is -2.61. The molecular weight excluding hydrogens is 460 g/mol. The second kappa shape index (κ2) is 8.83. The first-order chi connectivity index (χ1) is 16.0. The van der Waals surface area contributed by atoms with Gasteiger partial charge in [-0.15, -0.1) is 11.3 Å². The maximum absolute atomic E-state index is 13.6. The number of rotatable bonds is 7. The quantitative estimate of drug-likeness (QED) is 0.498. The fourth-order valence-electron chi connectivity index (χ4n) is 6.61. The van der Waals surface area contributed by atoms with E-state index in [2.05, 4.69) is 15.6 Å². The molecule has 3 amide bonds. The highest BCUT2D eigenvalue weighted by molar-refractivity contribution is 7.13. The molecule has 0 radical (unpaired) electrons. The maximum atomic E-state index is 13.6. The molecule has 4 fully saturated rings. The average Bonchev–Trinajstić information content (AvgIpc) is 3.23. The Hall–Kier alpha value is -2.69. The number of nitrogens with one attached hydrogen (secondary N) is 2. The van der Waals surface area contributed by atoms with Gasteiger partial charge in [0.1, 0.15) is 6.04 Å². The number of carboxylic acid groups (broad SMARTS) is 1. The van der Waals surface area contributed by atoms with Crippen molar-refractivity contribution in [2.75, 3.05) is 26.5 Å². The number of aromatic nitrogens is 1. The van der Waals surface area contributed by atoms with Gasteiger partial charge in [0, 0.05) is 25.4 Å². The third kappa shape index (κ3) is 4.25. The van der Waals surface area contributed by atoms with E-state index in [4.69, 9.17) is 4.74 Å². The molecule has 186 valence electrons. The Kier molecular flexibility index (Phi) is 6.34. The van der Waals surface area contributed by atoms with Crippen LogP contribution in [0.25, 0.3) is 0 Å². The number of amides is 3. The summed E-state index contributed by atoms with van der Waals surface area (Å²) in [5, 5.41) is 17.4. The maximum Gasteiger partial charge on any atom is 0.326 e. The van der Waals surface area contributed by atoms with Crippen LogP contribution < -0.4 is 10.6 Å². The van der Waals surface area contributed by atoms with Crippen LogP contribution >= 0.6 is 11.3 Å². The van der Waals surface area contributed by atoms with Crippen LogP contribution in [0.5, 0.6) is 0 Å². The summed E-state index contributed by atoms with van der Waals surface area (Å²) < 4.78 is 5.11. The van der Waals surface area contributed by atoms with Crippen LogP contribution in [-0.2, 0) is 19.1 Å². The number of carbonyl (C=O) groups is 4. The van der Waals surface area contributed by atoms with Crippen molar-refractivity contribution in [1.29, 1.82) is 0 Å². The summed E-state index contributed by atoms with van der Waals surface area (Å²) in [5.41, 5.74) is -0.920. The minimum absolute atomic E-state index is 0.253. The zero-order chi connectivity index (χ0) is 24.8. The Balaban J connectivity index is 1.52. The number of esters is 1. The summed E-state index contributed by atoms with van der Waals surface area (Å²) in [6, 6.07) is -1.52. The van der Waals surface area contributed by atoms with E-state index in [0.29, 0.717) is 30.1 Å². The number of carbonyl (C=O) groups excluding carboxylic acids is 3. The monoisotopic (exact) mass is 492 g/mol. The van der Waals surface area contributed by atoms with Gasteiger partial charge in [-0.25, -0.2) is 14.6 Å². The van der Waals surface area contributed by atoms with E-state index in [9.17, 15) is 24.3 Å². The Morgan fingerprint density at radius 2 is 1.79 bits per heavy atom. The Bertz CT molecular complexity index is 993. The number of carboxylic acids is 1. The molecule has 34 heavy (non-hydrogen) atoms. The first kappa shape index (κ1) is 24.4. The third-order valence-electron chi connectivity index (χ3n) is 7.82. The molecule has 0 aliphatic heterocycles. The number of methoxy groups -OCH3 is 1. The largest absolute Gasteiger partial charge is 0.480 e. The van der Waals surface area contributed by atoms with Crippen LogP contribution in [0.4, 0.5) is 9.93 Å². The molecule has 4 unspecified atom stereocenters. The van der Waals surface area contributed by atoms with Gasteiger partial charge in [-0.05, 0) is 50.4 Å². The summed E-state index contributed by atoms with van der Waals surface area (Å²) in [5.74, 6) is -1.78. The van der Waals surface area contributed by atoms with Crippen LogP contribution in [-0.4, -0.2) is 66.1 Å². The van der Waals surface area contributed by atoms with Gasteiger partial charge in [0.25, 0.3) is 0 Å². The Morgan fingerprint density at radius 1 is 1.18 bits per heavy atom. The van der Waals surface area contributed by atoms with E-state index in [0.717, 1.165) is 19.3 Å². The van der Waals surface area contributed by atoms with Gasteiger partial charge in [0.05, 0.1) is 23.6 Å². The zero-order valence-corrected chi connectivity index (χ0v) is 20.7. The van der Waals surface area contributed by atoms with E-state index in [-0.39, 0.29) is 29.7 Å². The summed E-state index contributed by atoms with van der Waals surface area (Å²) in [7, 11) is 4.60. The third-order valence-corrected chi connectivity index (χ3v) is 8.60. The molecule has 1 aromatic rings. The number of hydrogen-bond acceptors (Lipinski definition) is 7. The standard InChI is InChI=1S/C23H32N4O6S/c1-12(15-10-34-20(24-15)26-21(32)27(2)3)16(17(28)29)25-18(30)22-6-13-5-14(7-22)9-23(8-13,11-22)19(31)33-4/h10,12-14,16H,5-9,11H2,1-4H3,(H,25,30)(H,28,29)(H,24,26,32). The average molecular weight is 493 g/mol. The molecular formula is C23H32N4O6S. The van der Waals surface area contributed by atoms with E-state index in [1.807, 2.05) is 0 Å². The molecule has 4 saturated carbocycles. The highest BCUT2D eigenvalue weighted by Crippen LogP contribution is 2.65. The van der Waals surface area contributed by atoms with E-state index in [1.54, 1.807) is 26.4 Å². The normalized spacial score (nSPS) is 30.8. The van der Waals surface area contributed by atoms with Crippen molar-refractivity contribution in [3.05, 3.63) is 11.1 Å². The van der Waals surface area contributed by atoms with Crippen LogP contribution in [0.1, 0.15) is 57.1 Å². The van der Waals surface area contributed by atoms with Gasteiger partial charge in [0.2, 0.25) is 5.91 Å². The van der Waals surface area contributed by atoms with Crippen molar-refractivity contribution >= 4 is 40.3 Å². The van der Waals surface area contributed by atoms with E-state index >= 15 is 0 Å². The molecule has 4 aliphatic carbocycles. The summed E-state index contributed by atoms with van der Waals surface area (Å²) >= 11 is 1.20. The summed E-state index contributed by atoms with van der Waals surface area (Å²) in [6.07, 6.45) is 4.24. The summed E-state index contributed by atoms with van der Waals surface area (Å²) in [4.78, 5) is 56.1. The number of nitrogens with zero attached hydrogens (tertiary/aromatic N) is 2. The second-order valence-corrected chi connectivity index (χ2v) is 11.4. The topological polar surface area (TPSA) is 138 Å². The number of aliphatic carboxylic acids is 1. The lowest BCUT2D eigenvalue weighted by molar-refractivity contribution is -0.182. The first-order valence-electron chi connectivity index (χ1n) is 11.5. The lowest BCUT2D eigenvalue weighted by Gasteiger charge is -2.59. The molecule has 0 saturated heterocycles. The number of anilines is 1. The molecule has 1 aromatic heterocycles. The van der Waals surface area contributed by atoms with Crippen LogP contribution in [0.2, 0.25) is 0 Å². The number of hydrogen-bond donors (Lipinski definition) is 3. The van der Waals surface area contributed by atoms with Crippen molar-refractivity contribution in [2.45, 2.75) is 57.4 Å². The minimum Gasteiger partial charge on any atom is -0.480 e. The molecule has 0 spiro atoms. The van der Waals surface area contributed by atoms with Gasteiger partial charge < -0.3 is 20.1 Å². The molecule has 5 rings (SSSR count). The molecule has 4 aliphatic rings. The Labute approximate surface area is 202 Å². The van der Waals surface area contributed by atoms with Gasteiger partial charge in [0.15, 0.2) is 5.13 Å². The SMILES string of the molecule is COC(=O)C12CC3CC(CC(C(=O)NC(C(=O)O)C(C)c4csc(NC(=O)N(C)C)n4)(C3)C1)C2. The van der Waals surface area contributed by atoms with Gasteiger partial charge >= 0.3 is 18.0 Å². The number of ether oxygens (including phenoxy) is 1. The number of urea groups is 1. The molecule has 3 N–H and O–H groups in total. The molecule has 1 heterocycles. The van der Waals surface area contributed by atoms with Gasteiger partial charge in [-0.3, -0.25) is 14.9 Å². The van der Waals surface area contributed by atoms with Gasteiger partial charge in [-0.1, -0.05) is 6.92 Å². The minimum atomic E-state index is -1.19. The highest BCUT2D eigenvalue weighted by atomic mass is 32.1. The van der Waals surface area contributed by atoms with Crippen molar-refractivity contribution < 1.29 is 29.0 Å². The molecule has 11 heteroatoms. The van der Waals surface area contributed by atoms with Crippen molar-refractivity contribution in [3.63, 3.8) is 0 Å². The molecule has 10 nitrogen and oxygen atoms in total. The smallest absolute Gasteiger partial charge is 0.326 e. The van der Waals surface area contributed by atoms with Crippen LogP contribution in [0.15, 0.2) is 5.38 Å². The fourth-order valence-corrected chi connectivity index (χ4v) is 7.41. The fraction of sp³-hybridized carbons (Fsp3) is 0.696. The van der Waals surface area contributed by atoms with Crippen molar-refractivity contribution in [2.24, 2.45) is 22.7 Å². The predicted octanol–water partition coefficient (Wildman–Crippen LogP) is 2.67. The van der Waals surface area contributed by atoms with Crippen LogP contribution in [0.3, 0.4) is 0 Å². The van der Waals surface area contributed by atoms with E-state index < -0.39 is 28.8 Å². The molecule has 4 atom stereocenters. The molecule has 0 aromatic carbocycles. The van der Waals surface area contributed by atoms with Crippen LogP contribution in [0, 0.1) is 22.7 Å². The highest BCUT2D eigenvalue weighted by Gasteiger charge is 2.63. The molecule has 4 bridgehead atoms. The first-order valence-corrected chi connectivity index (χ1v) is 12.4.